The summed E-state index contributed by atoms with van der Waals surface area (Å²) >= 11 is 0. The minimum Gasteiger partial charge on any atom is -0.462 e. The van der Waals surface area contributed by atoms with Crippen LogP contribution < -0.4 is 0 Å². The van der Waals surface area contributed by atoms with Crippen molar-refractivity contribution in [1.82, 2.24) is 0 Å². The number of ether oxygens (including phenoxy) is 6. The summed E-state index contributed by atoms with van der Waals surface area (Å²) in [5, 5.41) is 72.0. The lowest BCUT2D eigenvalue weighted by Gasteiger charge is -2.42. The van der Waals surface area contributed by atoms with Crippen molar-refractivity contribution in [2.75, 3.05) is 26.4 Å². The maximum Gasteiger partial charge on any atom is 0.306 e. The molecule has 0 spiro atoms. The maximum absolute atomic E-state index is 13.0. The molecule has 2 aliphatic rings. The van der Waals surface area contributed by atoms with Gasteiger partial charge in [0.05, 0.1) is 19.8 Å². The highest BCUT2D eigenvalue weighted by atomic mass is 16.7. The van der Waals surface area contributed by atoms with Gasteiger partial charge in [-0.15, -0.1) is 0 Å². The maximum atomic E-state index is 13.0. The first-order valence-corrected chi connectivity index (χ1v) is 25.4. The molecule has 0 bridgehead atoms. The van der Waals surface area contributed by atoms with Gasteiger partial charge in [0.25, 0.3) is 0 Å². The molecule has 11 atom stereocenters. The van der Waals surface area contributed by atoms with Crippen molar-refractivity contribution in [3.05, 3.63) is 24.3 Å². The topological polar surface area (TPSA) is 231 Å². The molecule has 0 aromatic rings. The van der Waals surface area contributed by atoms with Crippen LogP contribution in [0.2, 0.25) is 0 Å². The zero-order chi connectivity index (χ0) is 47.5. The number of carbonyl (C=O) groups is 2. The van der Waals surface area contributed by atoms with Crippen molar-refractivity contribution < 1.29 is 73.8 Å². The van der Waals surface area contributed by atoms with Gasteiger partial charge in [-0.3, -0.25) is 9.59 Å². The van der Waals surface area contributed by atoms with Gasteiger partial charge in [-0.1, -0.05) is 154 Å². The highest BCUT2D eigenvalue weighted by Crippen LogP contribution is 2.26. The molecule has 2 rings (SSSR count). The summed E-state index contributed by atoms with van der Waals surface area (Å²) in [6.07, 6.45) is 20.6. The van der Waals surface area contributed by atoms with Gasteiger partial charge in [0.1, 0.15) is 55.4 Å². The molecule has 15 heteroatoms. The highest BCUT2D eigenvalue weighted by Gasteiger charge is 2.47. The predicted octanol–water partition coefficient (Wildman–Crippen LogP) is 6.77. The number of unbranched alkanes of at least 4 members (excludes halogenated alkanes) is 21. The van der Waals surface area contributed by atoms with E-state index in [-0.39, 0.29) is 26.1 Å². The van der Waals surface area contributed by atoms with E-state index in [9.17, 15) is 45.3 Å². The molecule has 0 amide bonds. The number of carbonyl (C=O) groups excluding carboxylic acids is 2. The van der Waals surface area contributed by atoms with Crippen LogP contribution in [-0.2, 0) is 38.0 Å². The van der Waals surface area contributed by atoms with Crippen LogP contribution in [0.4, 0.5) is 0 Å². The number of hydrogen-bond donors (Lipinski definition) is 7. The minimum atomic E-state index is -1.76. The molecule has 0 saturated carbocycles. The molecule has 0 radical (unpaired) electrons. The van der Waals surface area contributed by atoms with Gasteiger partial charge < -0.3 is 64.2 Å². The summed E-state index contributed by atoms with van der Waals surface area (Å²) in [4.78, 5) is 25.7. The van der Waals surface area contributed by atoms with E-state index in [1.807, 2.05) is 0 Å². The van der Waals surface area contributed by atoms with Crippen molar-refractivity contribution in [3.8, 4) is 0 Å². The standard InChI is InChI=1S/C50H90O15/c1-3-5-7-9-11-13-15-17-18-19-20-21-23-25-27-29-31-33-42(53)63-38(35-60-41(52)32-30-28-26-24-22-16-14-12-10-8-6-4-2)36-61-49-48(59)46(57)44(55)40(65-49)37-62-50-47(58)45(56)43(54)39(34-51)64-50/h11,13,17-18,38-40,43-51,54-59H,3-10,12,14-16,19-37H2,1-2H3/b13-11-,18-17-. The molecule has 2 fully saturated rings. The summed E-state index contributed by atoms with van der Waals surface area (Å²) in [5.41, 5.74) is 0. The number of allylic oxidation sites excluding steroid dienone is 4. The first-order chi connectivity index (χ1) is 31.5. The number of rotatable bonds is 39. The Labute approximate surface area is 390 Å². The van der Waals surface area contributed by atoms with Crippen molar-refractivity contribution in [2.24, 2.45) is 0 Å². The second-order valence-corrected chi connectivity index (χ2v) is 18.0. The smallest absolute Gasteiger partial charge is 0.306 e. The Morgan fingerprint density at radius 3 is 1.46 bits per heavy atom. The molecular weight excluding hydrogens is 841 g/mol. The van der Waals surface area contributed by atoms with Gasteiger partial charge in [0, 0.05) is 12.8 Å². The quantitative estimate of drug-likeness (QED) is 0.0192. The van der Waals surface area contributed by atoms with Gasteiger partial charge in [-0.25, -0.2) is 0 Å². The lowest BCUT2D eigenvalue weighted by molar-refractivity contribution is -0.332. The monoisotopic (exact) mass is 931 g/mol. The lowest BCUT2D eigenvalue weighted by atomic mass is 9.98. The van der Waals surface area contributed by atoms with Crippen molar-refractivity contribution >= 4 is 11.9 Å². The first kappa shape index (κ1) is 59.1. The third kappa shape index (κ3) is 26.4. The van der Waals surface area contributed by atoms with Gasteiger partial charge in [-0.2, -0.15) is 0 Å². The predicted molar refractivity (Wildman–Crippen MR) is 247 cm³/mol. The molecule has 380 valence electrons. The molecule has 2 aliphatic heterocycles. The summed E-state index contributed by atoms with van der Waals surface area (Å²) < 4.78 is 33.5. The van der Waals surface area contributed by atoms with E-state index in [2.05, 4.69) is 38.2 Å². The molecule has 15 nitrogen and oxygen atoms in total. The van der Waals surface area contributed by atoms with E-state index in [0.717, 1.165) is 64.2 Å². The summed E-state index contributed by atoms with van der Waals surface area (Å²) in [7, 11) is 0. The normalized spacial score (nSPS) is 26.5. The summed E-state index contributed by atoms with van der Waals surface area (Å²) in [6, 6.07) is 0. The van der Waals surface area contributed by atoms with E-state index in [1.54, 1.807) is 0 Å². The third-order valence-corrected chi connectivity index (χ3v) is 12.2. The van der Waals surface area contributed by atoms with Crippen molar-refractivity contribution in [2.45, 2.75) is 255 Å². The van der Waals surface area contributed by atoms with Gasteiger partial charge in [0.15, 0.2) is 18.7 Å². The Balaban J connectivity index is 1.81. The van der Waals surface area contributed by atoms with E-state index in [0.29, 0.717) is 12.8 Å². The van der Waals surface area contributed by atoms with Crippen molar-refractivity contribution in [1.29, 1.82) is 0 Å². The van der Waals surface area contributed by atoms with Crippen LogP contribution in [0.25, 0.3) is 0 Å². The minimum absolute atomic E-state index is 0.159. The average molecular weight is 931 g/mol. The fourth-order valence-corrected chi connectivity index (χ4v) is 7.95. The van der Waals surface area contributed by atoms with E-state index < -0.39 is 92.7 Å². The van der Waals surface area contributed by atoms with E-state index >= 15 is 0 Å². The number of aliphatic hydroxyl groups excluding tert-OH is 7. The summed E-state index contributed by atoms with van der Waals surface area (Å²) in [6.45, 7) is 2.56. The largest absolute Gasteiger partial charge is 0.462 e. The van der Waals surface area contributed by atoms with Crippen LogP contribution in [0.1, 0.15) is 187 Å². The Hall–Kier alpha value is -2.02. The van der Waals surface area contributed by atoms with Gasteiger partial charge >= 0.3 is 11.9 Å². The second kappa shape index (κ2) is 37.9. The van der Waals surface area contributed by atoms with Gasteiger partial charge in [-0.05, 0) is 44.9 Å². The molecule has 7 N–H and O–H groups in total. The fraction of sp³-hybridized carbons (Fsp3) is 0.880. The van der Waals surface area contributed by atoms with Crippen LogP contribution in [0, 0.1) is 0 Å². The van der Waals surface area contributed by atoms with Crippen LogP contribution in [0.15, 0.2) is 24.3 Å². The Bertz CT molecular complexity index is 1230. The van der Waals surface area contributed by atoms with Crippen LogP contribution in [-0.4, -0.2) is 142 Å². The Morgan fingerprint density at radius 2 is 0.923 bits per heavy atom. The van der Waals surface area contributed by atoms with E-state index in [1.165, 1.54) is 83.5 Å². The number of aliphatic hydroxyl groups is 7. The molecule has 65 heavy (non-hydrogen) atoms. The van der Waals surface area contributed by atoms with Crippen LogP contribution in [0.3, 0.4) is 0 Å². The Kier molecular flexibility index (Phi) is 34.5. The molecule has 2 heterocycles. The van der Waals surface area contributed by atoms with E-state index in [4.69, 9.17) is 28.4 Å². The molecule has 11 unspecified atom stereocenters. The zero-order valence-corrected chi connectivity index (χ0v) is 40.0. The number of esters is 2. The SMILES string of the molecule is CCCCC/C=C\C/C=C\CCCCCCCCCC(=O)OC(COC(=O)CCCCCCCCCCCCCC)COC1OC(COC2OC(CO)C(O)C(O)C2O)C(O)C(O)C1O. The average Bonchev–Trinajstić information content (AvgIpc) is 3.30. The van der Waals surface area contributed by atoms with Gasteiger partial charge in [0.2, 0.25) is 0 Å². The molecule has 2 saturated heterocycles. The molecular formula is C50H90O15. The zero-order valence-electron chi connectivity index (χ0n) is 40.0. The summed E-state index contributed by atoms with van der Waals surface area (Å²) in [5.74, 6) is -0.929. The van der Waals surface area contributed by atoms with Crippen LogP contribution >= 0.6 is 0 Å². The second-order valence-electron chi connectivity index (χ2n) is 18.0. The Morgan fingerprint density at radius 1 is 0.492 bits per heavy atom. The lowest BCUT2D eigenvalue weighted by Crippen LogP contribution is -2.61. The fourth-order valence-electron chi connectivity index (χ4n) is 7.95. The van der Waals surface area contributed by atoms with Crippen molar-refractivity contribution in [3.63, 3.8) is 0 Å². The molecule has 0 aliphatic carbocycles. The molecule has 0 aromatic heterocycles. The van der Waals surface area contributed by atoms with Crippen LogP contribution in [0.5, 0.6) is 0 Å². The number of hydrogen-bond acceptors (Lipinski definition) is 15. The molecule has 0 aromatic carbocycles. The third-order valence-electron chi connectivity index (χ3n) is 12.2. The highest BCUT2D eigenvalue weighted by molar-refractivity contribution is 5.70. The first-order valence-electron chi connectivity index (χ1n) is 25.4.